The molecule has 1 aliphatic heterocycles. The summed E-state index contributed by atoms with van der Waals surface area (Å²) >= 11 is 0. The summed E-state index contributed by atoms with van der Waals surface area (Å²) in [5, 5.41) is 6.46. The van der Waals surface area contributed by atoms with Crippen LogP contribution in [0.5, 0.6) is 0 Å². The van der Waals surface area contributed by atoms with Gasteiger partial charge in [0.1, 0.15) is 5.60 Å². The molecule has 3 atom stereocenters. The molecule has 1 unspecified atom stereocenters. The predicted molar refractivity (Wildman–Crippen MR) is 66.9 cm³/mol. The first-order valence-electron chi connectivity index (χ1n) is 6.49. The Bertz CT molecular complexity index is 297. The van der Waals surface area contributed by atoms with Crippen molar-refractivity contribution in [3.05, 3.63) is 0 Å². The maximum atomic E-state index is 11.8. The van der Waals surface area contributed by atoms with E-state index in [4.69, 9.17) is 4.74 Å². The number of alkyl carbamates (subject to hydrolysis) is 1. The van der Waals surface area contributed by atoms with E-state index in [9.17, 15) is 4.79 Å². The average molecular weight is 240 g/mol. The van der Waals surface area contributed by atoms with Gasteiger partial charge >= 0.3 is 6.09 Å². The third-order valence-electron chi connectivity index (χ3n) is 3.71. The van der Waals surface area contributed by atoms with E-state index in [1.807, 2.05) is 20.8 Å². The molecule has 2 N–H and O–H groups in total. The van der Waals surface area contributed by atoms with Gasteiger partial charge in [-0.2, -0.15) is 0 Å². The van der Waals surface area contributed by atoms with Crippen LogP contribution in [-0.2, 0) is 4.74 Å². The molecule has 2 rings (SSSR count). The summed E-state index contributed by atoms with van der Waals surface area (Å²) in [6, 6.07) is 0. The highest BCUT2D eigenvalue weighted by Gasteiger charge is 2.45. The van der Waals surface area contributed by atoms with E-state index in [1.54, 1.807) is 0 Å². The number of fused-ring (bicyclic) bond motifs is 1. The van der Waals surface area contributed by atoms with Crippen molar-refractivity contribution in [2.75, 3.05) is 13.1 Å². The van der Waals surface area contributed by atoms with Crippen LogP contribution in [0, 0.1) is 11.8 Å². The molecule has 1 saturated heterocycles. The Morgan fingerprint density at radius 3 is 2.29 bits per heavy atom. The molecular weight excluding hydrogens is 216 g/mol. The molecule has 0 aromatic rings. The molecule has 1 amide bonds. The van der Waals surface area contributed by atoms with Crippen LogP contribution in [-0.4, -0.2) is 30.3 Å². The Labute approximate surface area is 103 Å². The first-order chi connectivity index (χ1) is 7.77. The third-order valence-corrected chi connectivity index (χ3v) is 3.71. The molecule has 0 aromatic carbocycles. The Balaban J connectivity index is 1.89. The lowest BCUT2D eigenvalue weighted by molar-refractivity contribution is 0.0462. The number of nitrogens with one attached hydrogen (secondary N) is 2. The van der Waals surface area contributed by atoms with E-state index in [0.717, 1.165) is 37.8 Å². The summed E-state index contributed by atoms with van der Waals surface area (Å²) < 4.78 is 5.32. The number of ether oxygens (including phenoxy) is 1. The minimum atomic E-state index is -0.420. The second kappa shape index (κ2) is 4.16. The average Bonchev–Trinajstić information content (AvgIpc) is 2.56. The van der Waals surface area contributed by atoms with Gasteiger partial charge in [-0.05, 0) is 65.5 Å². The maximum absolute atomic E-state index is 11.8. The first-order valence-corrected chi connectivity index (χ1v) is 6.49. The van der Waals surface area contributed by atoms with Crippen LogP contribution in [0.2, 0.25) is 0 Å². The highest BCUT2D eigenvalue weighted by molar-refractivity contribution is 5.68. The van der Waals surface area contributed by atoms with Gasteiger partial charge in [-0.15, -0.1) is 0 Å². The molecule has 1 aliphatic carbocycles. The molecule has 4 heteroatoms. The molecule has 98 valence electrons. The molecule has 0 spiro atoms. The van der Waals surface area contributed by atoms with Crippen molar-refractivity contribution in [1.29, 1.82) is 0 Å². The molecule has 0 aromatic heterocycles. The van der Waals surface area contributed by atoms with Crippen LogP contribution >= 0.6 is 0 Å². The van der Waals surface area contributed by atoms with Gasteiger partial charge < -0.3 is 15.4 Å². The van der Waals surface area contributed by atoms with E-state index >= 15 is 0 Å². The lowest BCUT2D eigenvalue weighted by Crippen LogP contribution is -2.47. The van der Waals surface area contributed by atoms with Crippen molar-refractivity contribution in [3.63, 3.8) is 0 Å². The smallest absolute Gasteiger partial charge is 0.408 e. The standard InChI is InChI=1S/C13H24N2O2/c1-12(2,3)17-11(16)15-13(4)5-9-7-14-8-10(9)6-13/h9-10,14H,5-8H2,1-4H3,(H,15,16)/t9-,10+,13?. The molecule has 1 heterocycles. The van der Waals surface area contributed by atoms with Crippen molar-refractivity contribution in [2.24, 2.45) is 11.8 Å². The summed E-state index contributed by atoms with van der Waals surface area (Å²) in [6.45, 7) is 9.99. The van der Waals surface area contributed by atoms with Crippen LogP contribution in [0.4, 0.5) is 4.79 Å². The number of hydrogen-bond donors (Lipinski definition) is 2. The highest BCUT2D eigenvalue weighted by atomic mass is 16.6. The first kappa shape index (κ1) is 12.7. The monoisotopic (exact) mass is 240 g/mol. The van der Waals surface area contributed by atoms with Gasteiger partial charge in [0.15, 0.2) is 0 Å². The minimum Gasteiger partial charge on any atom is -0.444 e. The van der Waals surface area contributed by atoms with E-state index in [-0.39, 0.29) is 11.6 Å². The second-order valence-corrected chi connectivity index (χ2v) is 6.77. The predicted octanol–water partition coefficient (Wildman–Crippen LogP) is 1.90. The molecule has 4 nitrogen and oxygen atoms in total. The number of carbonyl (C=O) groups is 1. The molecule has 0 bridgehead atoms. The van der Waals surface area contributed by atoms with Crippen LogP contribution in [0.15, 0.2) is 0 Å². The Morgan fingerprint density at radius 1 is 1.29 bits per heavy atom. The van der Waals surface area contributed by atoms with Crippen molar-refractivity contribution in [2.45, 2.75) is 51.7 Å². The van der Waals surface area contributed by atoms with Gasteiger partial charge in [0.25, 0.3) is 0 Å². The molecule has 0 radical (unpaired) electrons. The van der Waals surface area contributed by atoms with Crippen molar-refractivity contribution >= 4 is 6.09 Å². The normalized spacial score (nSPS) is 36.7. The van der Waals surface area contributed by atoms with E-state index < -0.39 is 5.60 Å². The van der Waals surface area contributed by atoms with Gasteiger partial charge in [0, 0.05) is 5.54 Å². The van der Waals surface area contributed by atoms with E-state index in [2.05, 4.69) is 17.6 Å². The van der Waals surface area contributed by atoms with Crippen LogP contribution in [0.3, 0.4) is 0 Å². The SMILES string of the molecule is CC1(NC(=O)OC(C)(C)C)C[C@H]2CNC[C@H]2C1. The summed E-state index contributed by atoms with van der Waals surface area (Å²) in [5.41, 5.74) is -0.504. The lowest BCUT2D eigenvalue weighted by atomic mass is 9.98. The fraction of sp³-hybridized carbons (Fsp3) is 0.923. The maximum Gasteiger partial charge on any atom is 0.408 e. The zero-order chi connectivity index (χ0) is 12.7. The molecular formula is C13H24N2O2. The topological polar surface area (TPSA) is 50.4 Å². The summed E-state index contributed by atoms with van der Waals surface area (Å²) in [4.78, 5) is 11.8. The third kappa shape index (κ3) is 3.12. The van der Waals surface area contributed by atoms with Crippen molar-refractivity contribution in [1.82, 2.24) is 10.6 Å². The molecule has 2 aliphatic rings. The fourth-order valence-electron chi connectivity index (χ4n) is 3.16. The summed E-state index contributed by atoms with van der Waals surface area (Å²) in [5.74, 6) is 1.44. The van der Waals surface area contributed by atoms with Crippen LogP contribution in [0.25, 0.3) is 0 Å². The van der Waals surface area contributed by atoms with Gasteiger partial charge in [0.05, 0.1) is 0 Å². The highest BCUT2D eigenvalue weighted by Crippen LogP contribution is 2.41. The Kier molecular flexibility index (Phi) is 3.10. The van der Waals surface area contributed by atoms with Gasteiger partial charge in [0.2, 0.25) is 0 Å². The van der Waals surface area contributed by atoms with Gasteiger partial charge in [-0.3, -0.25) is 0 Å². The summed E-state index contributed by atoms with van der Waals surface area (Å²) in [7, 11) is 0. The van der Waals surface area contributed by atoms with Gasteiger partial charge in [-0.25, -0.2) is 4.79 Å². The molecule has 1 saturated carbocycles. The lowest BCUT2D eigenvalue weighted by Gasteiger charge is -2.29. The summed E-state index contributed by atoms with van der Waals surface area (Å²) in [6.07, 6.45) is 1.83. The molecule has 2 fully saturated rings. The van der Waals surface area contributed by atoms with Gasteiger partial charge in [-0.1, -0.05) is 0 Å². The largest absolute Gasteiger partial charge is 0.444 e. The number of rotatable bonds is 1. The Morgan fingerprint density at radius 2 is 1.82 bits per heavy atom. The zero-order valence-corrected chi connectivity index (χ0v) is 11.3. The van der Waals surface area contributed by atoms with Crippen molar-refractivity contribution in [3.8, 4) is 0 Å². The zero-order valence-electron chi connectivity index (χ0n) is 11.3. The second-order valence-electron chi connectivity index (χ2n) is 6.77. The minimum absolute atomic E-state index is 0.0836. The van der Waals surface area contributed by atoms with E-state index in [0.29, 0.717) is 0 Å². The number of hydrogen-bond acceptors (Lipinski definition) is 3. The van der Waals surface area contributed by atoms with Crippen molar-refractivity contribution < 1.29 is 9.53 Å². The number of carbonyl (C=O) groups excluding carboxylic acids is 1. The van der Waals surface area contributed by atoms with Crippen LogP contribution in [0.1, 0.15) is 40.5 Å². The van der Waals surface area contributed by atoms with Crippen LogP contribution < -0.4 is 10.6 Å². The quantitative estimate of drug-likeness (QED) is 0.736. The van der Waals surface area contributed by atoms with E-state index in [1.165, 1.54) is 0 Å². The number of amides is 1. The fourth-order valence-corrected chi connectivity index (χ4v) is 3.16. The Hall–Kier alpha value is -0.770. The molecule has 17 heavy (non-hydrogen) atoms.